The number of amides is 1. The zero-order chi connectivity index (χ0) is 20.7. The quantitative estimate of drug-likeness (QED) is 0.346. The summed E-state index contributed by atoms with van der Waals surface area (Å²) in [5.41, 5.74) is 1.65. The lowest BCUT2D eigenvalue weighted by atomic mass is 10.1. The number of benzene rings is 1. The Bertz CT molecular complexity index is 925. The minimum absolute atomic E-state index is 0.0763. The number of nitrogens with zero attached hydrogens (tertiary/aromatic N) is 1. The average Bonchev–Trinajstić information content (AvgIpc) is 3.17. The molecule has 0 aliphatic rings. The van der Waals surface area contributed by atoms with Crippen LogP contribution in [0.15, 0.2) is 34.5 Å². The van der Waals surface area contributed by atoms with Crippen LogP contribution in [0, 0.1) is 0 Å². The summed E-state index contributed by atoms with van der Waals surface area (Å²) in [7, 11) is -2.77. The molecule has 28 heavy (non-hydrogen) atoms. The van der Waals surface area contributed by atoms with Gasteiger partial charge in [0.1, 0.15) is 11.4 Å². The van der Waals surface area contributed by atoms with Crippen LogP contribution in [0.2, 0.25) is 0 Å². The number of nitrogens with one attached hydrogen (secondary N) is 1. The zero-order valence-corrected chi connectivity index (χ0v) is 17.0. The summed E-state index contributed by atoms with van der Waals surface area (Å²) >= 11 is 1.40. The molecule has 2 rings (SSSR count). The highest BCUT2D eigenvalue weighted by molar-refractivity contribution is 7.86. The van der Waals surface area contributed by atoms with Gasteiger partial charge in [0, 0.05) is 5.38 Å². The molecular weight excluding hydrogens is 406 g/mol. The van der Waals surface area contributed by atoms with Gasteiger partial charge in [0.25, 0.3) is 0 Å². The number of carbonyl (C=O) groups is 2. The standard InChI is InChI=1S/C17H21N3O6S2/c1-3-12-10-27-17(19-12)14(20-15(21)9-16(22)25-2)8-11-4-6-13(7-5-11)28(23,24)26-18/h4-7,10,14H,3,8-9,18H2,1-2H3,(H,20,21). The molecule has 0 aliphatic carbocycles. The number of methoxy groups -OCH3 is 1. The summed E-state index contributed by atoms with van der Waals surface area (Å²) in [4.78, 5) is 27.9. The van der Waals surface area contributed by atoms with Crippen molar-refractivity contribution in [2.24, 2.45) is 5.90 Å². The molecule has 3 N–H and O–H groups in total. The fraction of sp³-hybridized carbons (Fsp3) is 0.353. The molecule has 0 radical (unpaired) electrons. The number of thiazole rings is 1. The van der Waals surface area contributed by atoms with Crippen molar-refractivity contribution >= 4 is 33.3 Å². The number of aryl methyl sites for hydroxylation is 1. The highest BCUT2D eigenvalue weighted by atomic mass is 32.2. The fourth-order valence-corrected chi connectivity index (χ4v) is 3.91. The van der Waals surface area contributed by atoms with Crippen LogP contribution in [0.4, 0.5) is 0 Å². The van der Waals surface area contributed by atoms with Crippen molar-refractivity contribution < 1.29 is 27.0 Å². The van der Waals surface area contributed by atoms with E-state index >= 15 is 0 Å². The van der Waals surface area contributed by atoms with Gasteiger partial charge < -0.3 is 10.1 Å². The van der Waals surface area contributed by atoms with E-state index in [1.165, 1.54) is 30.6 Å². The minimum Gasteiger partial charge on any atom is -0.469 e. The Kier molecular flexibility index (Phi) is 7.63. The monoisotopic (exact) mass is 427 g/mol. The van der Waals surface area contributed by atoms with Gasteiger partial charge in [0.2, 0.25) is 5.91 Å². The van der Waals surface area contributed by atoms with Gasteiger partial charge in [-0.2, -0.15) is 18.6 Å². The van der Waals surface area contributed by atoms with Crippen LogP contribution in [0.1, 0.15) is 35.7 Å². The first kappa shape index (κ1) is 22.0. The van der Waals surface area contributed by atoms with Crippen molar-refractivity contribution in [1.29, 1.82) is 0 Å². The van der Waals surface area contributed by atoms with Crippen LogP contribution < -0.4 is 11.2 Å². The van der Waals surface area contributed by atoms with Crippen LogP contribution in [0.3, 0.4) is 0 Å². The van der Waals surface area contributed by atoms with Gasteiger partial charge >= 0.3 is 16.1 Å². The Morgan fingerprint density at radius 2 is 1.96 bits per heavy atom. The van der Waals surface area contributed by atoms with Gasteiger partial charge in [-0.15, -0.1) is 11.3 Å². The Hall–Kier alpha value is -2.34. The largest absolute Gasteiger partial charge is 0.469 e. The van der Waals surface area contributed by atoms with E-state index in [9.17, 15) is 18.0 Å². The van der Waals surface area contributed by atoms with E-state index in [0.29, 0.717) is 11.4 Å². The van der Waals surface area contributed by atoms with Gasteiger partial charge in [-0.3, -0.25) is 9.59 Å². The highest BCUT2D eigenvalue weighted by Gasteiger charge is 2.21. The summed E-state index contributed by atoms with van der Waals surface area (Å²) in [6, 6.07) is 5.45. The van der Waals surface area contributed by atoms with E-state index in [2.05, 4.69) is 19.3 Å². The Morgan fingerprint density at radius 3 is 2.50 bits per heavy atom. The third-order valence-electron chi connectivity index (χ3n) is 3.88. The molecule has 0 saturated carbocycles. The number of rotatable bonds is 9. The zero-order valence-electron chi connectivity index (χ0n) is 15.4. The molecule has 1 aromatic heterocycles. The predicted octanol–water partition coefficient (Wildman–Crippen LogP) is 1.25. The molecule has 11 heteroatoms. The van der Waals surface area contributed by atoms with Crippen LogP contribution in [-0.4, -0.2) is 32.4 Å². The maximum atomic E-state index is 12.1. The minimum atomic E-state index is -3.98. The van der Waals surface area contributed by atoms with Crippen molar-refractivity contribution in [1.82, 2.24) is 10.3 Å². The number of nitrogens with two attached hydrogens (primary N) is 1. The van der Waals surface area contributed by atoms with Gasteiger partial charge in [0.15, 0.2) is 0 Å². The van der Waals surface area contributed by atoms with E-state index in [4.69, 9.17) is 5.90 Å². The van der Waals surface area contributed by atoms with Crippen LogP contribution in [-0.2, 0) is 41.6 Å². The smallest absolute Gasteiger partial charge is 0.315 e. The third kappa shape index (κ3) is 5.83. The second-order valence-electron chi connectivity index (χ2n) is 5.80. The molecule has 0 bridgehead atoms. The normalized spacial score (nSPS) is 12.4. The molecule has 1 atom stereocenters. The molecular formula is C17H21N3O6S2. The molecule has 2 aromatic rings. The average molecular weight is 428 g/mol. The Morgan fingerprint density at radius 1 is 1.29 bits per heavy atom. The molecule has 1 aromatic carbocycles. The van der Waals surface area contributed by atoms with E-state index < -0.39 is 34.5 Å². The maximum absolute atomic E-state index is 12.1. The molecule has 1 amide bonds. The molecule has 0 aliphatic heterocycles. The van der Waals surface area contributed by atoms with Crippen molar-refractivity contribution in [2.45, 2.75) is 37.1 Å². The van der Waals surface area contributed by atoms with Crippen molar-refractivity contribution in [3.05, 3.63) is 45.9 Å². The summed E-state index contributed by atoms with van der Waals surface area (Å²) in [5.74, 6) is 3.65. The lowest BCUT2D eigenvalue weighted by Gasteiger charge is -2.17. The second-order valence-corrected chi connectivity index (χ2v) is 8.26. The molecule has 0 saturated heterocycles. The molecule has 9 nitrogen and oxygen atoms in total. The number of aromatic nitrogens is 1. The van der Waals surface area contributed by atoms with E-state index in [-0.39, 0.29) is 4.90 Å². The maximum Gasteiger partial charge on any atom is 0.315 e. The second kappa shape index (κ2) is 9.73. The van der Waals surface area contributed by atoms with E-state index in [1.54, 1.807) is 12.1 Å². The SMILES string of the molecule is CCc1csc(C(Cc2ccc(S(=O)(=O)ON)cc2)NC(=O)CC(=O)OC)n1. The van der Waals surface area contributed by atoms with Crippen LogP contribution in [0.5, 0.6) is 0 Å². The first-order chi connectivity index (χ1) is 13.3. The number of ether oxygens (including phenoxy) is 1. The van der Waals surface area contributed by atoms with E-state index in [1.807, 2.05) is 12.3 Å². The van der Waals surface area contributed by atoms with Crippen molar-refractivity contribution in [2.75, 3.05) is 7.11 Å². The van der Waals surface area contributed by atoms with Gasteiger partial charge in [-0.05, 0) is 30.5 Å². The number of esters is 1. The molecule has 0 fully saturated rings. The first-order valence-electron chi connectivity index (χ1n) is 8.31. The molecule has 1 heterocycles. The summed E-state index contributed by atoms with van der Waals surface area (Å²) in [5, 5.41) is 5.38. The molecule has 1 unspecified atom stereocenters. The predicted molar refractivity (Wildman–Crippen MR) is 102 cm³/mol. The summed E-state index contributed by atoms with van der Waals surface area (Å²) in [6.45, 7) is 1.97. The van der Waals surface area contributed by atoms with E-state index in [0.717, 1.165) is 17.7 Å². The van der Waals surface area contributed by atoms with Crippen molar-refractivity contribution in [3.8, 4) is 0 Å². The molecule has 152 valence electrons. The van der Waals surface area contributed by atoms with Crippen LogP contribution >= 0.6 is 11.3 Å². The van der Waals surface area contributed by atoms with Gasteiger partial charge in [-0.25, -0.2) is 4.98 Å². The summed E-state index contributed by atoms with van der Waals surface area (Å²) < 4.78 is 31.7. The van der Waals surface area contributed by atoms with Crippen molar-refractivity contribution in [3.63, 3.8) is 0 Å². The number of carbonyl (C=O) groups excluding carboxylic acids is 2. The van der Waals surface area contributed by atoms with Gasteiger partial charge in [0.05, 0.1) is 23.7 Å². The lowest BCUT2D eigenvalue weighted by molar-refractivity contribution is -0.143. The highest BCUT2D eigenvalue weighted by Crippen LogP contribution is 2.24. The Balaban J connectivity index is 2.21. The topological polar surface area (TPSA) is 138 Å². The summed E-state index contributed by atoms with van der Waals surface area (Å²) in [6.07, 6.45) is 0.711. The lowest BCUT2D eigenvalue weighted by Crippen LogP contribution is -2.31. The first-order valence-corrected chi connectivity index (χ1v) is 10.6. The number of hydrogen-bond acceptors (Lipinski definition) is 9. The number of hydrogen-bond donors (Lipinski definition) is 2. The van der Waals surface area contributed by atoms with Crippen LogP contribution in [0.25, 0.3) is 0 Å². The Labute approximate surface area is 166 Å². The fourth-order valence-electron chi connectivity index (χ4n) is 2.38. The third-order valence-corrected chi connectivity index (χ3v) is 5.99. The van der Waals surface area contributed by atoms with Gasteiger partial charge in [-0.1, -0.05) is 19.1 Å². The molecule has 0 spiro atoms.